The number of hydrogen-bond acceptors (Lipinski definition) is 5. The number of hydrogen-bond donors (Lipinski definition) is 2. The summed E-state index contributed by atoms with van der Waals surface area (Å²) in [6, 6.07) is 16.2. The molecule has 0 spiro atoms. The predicted molar refractivity (Wildman–Crippen MR) is 96.4 cm³/mol. The molecule has 0 aliphatic rings. The van der Waals surface area contributed by atoms with Crippen LogP contribution in [-0.4, -0.2) is 29.2 Å². The van der Waals surface area contributed by atoms with Crippen molar-refractivity contribution in [2.75, 3.05) is 18.4 Å². The fourth-order valence-electron chi connectivity index (χ4n) is 2.07. The number of rotatable bonds is 8. The van der Waals surface area contributed by atoms with Crippen LogP contribution in [0.5, 0.6) is 0 Å². The molecule has 2 aromatic carbocycles. The zero-order valence-corrected chi connectivity index (χ0v) is 14.1. The Balaban J connectivity index is 1.76. The van der Waals surface area contributed by atoms with Gasteiger partial charge in [-0.05, 0) is 25.1 Å². The molecule has 6 nitrogen and oxygen atoms in total. The number of nitro groups is 1. The maximum Gasteiger partial charge on any atom is 0.292 e. The number of amides is 1. The summed E-state index contributed by atoms with van der Waals surface area (Å²) < 4.78 is 0. The number of anilines is 1. The van der Waals surface area contributed by atoms with Crippen LogP contribution in [0.1, 0.15) is 6.92 Å². The number of thioether (sulfide) groups is 1. The Morgan fingerprint density at radius 2 is 1.79 bits per heavy atom. The SMILES string of the molecule is C[C@@H](Sc1ccccc1)C(=O)NCCNc1ccccc1[N+](=O)[O-]. The summed E-state index contributed by atoms with van der Waals surface area (Å²) in [5.41, 5.74) is 0.472. The smallest absolute Gasteiger partial charge is 0.292 e. The van der Waals surface area contributed by atoms with Gasteiger partial charge in [0, 0.05) is 24.1 Å². The van der Waals surface area contributed by atoms with Gasteiger partial charge in [0.2, 0.25) is 5.91 Å². The van der Waals surface area contributed by atoms with Crippen LogP contribution in [0.3, 0.4) is 0 Å². The van der Waals surface area contributed by atoms with Crippen molar-refractivity contribution >= 4 is 29.0 Å². The summed E-state index contributed by atoms with van der Waals surface area (Å²) in [6.45, 7) is 2.66. The standard InChI is InChI=1S/C17H19N3O3S/c1-13(24-14-7-3-2-4-8-14)17(21)19-12-11-18-15-9-5-6-10-16(15)20(22)23/h2-10,13,18H,11-12H2,1H3,(H,19,21)/t13-/m1/s1. The molecule has 24 heavy (non-hydrogen) atoms. The molecule has 0 fully saturated rings. The Labute approximate surface area is 144 Å². The number of para-hydroxylation sites is 2. The highest BCUT2D eigenvalue weighted by molar-refractivity contribution is 8.00. The summed E-state index contributed by atoms with van der Waals surface area (Å²) >= 11 is 1.49. The Kier molecular flexibility index (Phi) is 6.62. The maximum absolute atomic E-state index is 12.1. The van der Waals surface area contributed by atoms with Gasteiger partial charge in [0.25, 0.3) is 5.69 Å². The molecule has 7 heteroatoms. The third kappa shape index (κ3) is 5.27. The molecule has 0 aliphatic heterocycles. The van der Waals surface area contributed by atoms with Gasteiger partial charge in [0.05, 0.1) is 10.2 Å². The molecule has 1 amide bonds. The van der Waals surface area contributed by atoms with Gasteiger partial charge in [-0.1, -0.05) is 30.3 Å². The van der Waals surface area contributed by atoms with E-state index in [-0.39, 0.29) is 16.8 Å². The number of nitrogens with zero attached hydrogens (tertiary/aromatic N) is 1. The van der Waals surface area contributed by atoms with Gasteiger partial charge in [-0.2, -0.15) is 0 Å². The first kappa shape index (κ1) is 17.8. The molecule has 0 bridgehead atoms. The molecule has 2 aromatic rings. The number of nitrogens with one attached hydrogen (secondary N) is 2. The summed E-state index contributed by atoms with van der Waals surface area (Å²) in [4.78, 5) is 23.6. The van der Waals surface area contributed by atoms with E-state index in [0.29, 0.717) is 18.8 Å². The molecule has 2 rings (SSSR count). The Bertz CT molecular complexity index is 694. The van der Waals surface area contributed by atoms with E-state index in [9.17, 15) is 14.9 Å². The van der Waals surface area contributed by atoms with Crippen LogP contribution in [-0.2, 0) is 4.79 Å². The molecule has 0 aliphatic carbocycles. The summed E-state index contributed by atoms with van der Waals surface area (Å²) in [5, 5.41) is 16.5. The molecule has 2 N–H and O–H groups in total. The summed E-state index contributed by atoms with van der Waals surface area (Å²) in [5.74, 6) is -0.0618. The second kappa shape index (κ2) is 8.93. The second-order valence-electron chi connectivity index (χ2n) is 5.07. The van der Waals surface area contributed by atoms with Crippen molar-refractivity contribution in [3.05, 3.63) is 64.7 Å². The third-order valence-corrected chi connectivity index (χ3v) is 4.38. The molecule has 0 saturated carbocycles. The van der Waals surface area contributed by atoms with Crippen molar-refractivity contribution in [1.29, 1.82) is 0 Å². The van der Waals surface area contributed by atoms with E-state index in [1.807, 2.05) is 37.3 Å². The second-order valence-corrected chi connectivity index (χ2v) is 6.48. The topological polar surface area (TPSA) is 84.3 Å². The van der Waals surface area contributed by atoms with Crippen LogP contribution >= 0.6 is 11.8 Å². The van der Waals surface area contributed by atoms with Crippen LogP contribution in [0, 0.1) is 10.1 Å². The molecule has 0 unspecified atom stereocenters. The van der Waals surface area contributed by atoms with Crippen molar-refractivity contribution < 1.29 is 9.72 Å². The highest BCUT2D eigenvalue weighted by Crippen LogP contribution is 2.23. The van der Waals surface area contributed by atoms with Crippen molar-refractivity contribution in [3.8, 4) is 0 Å². The van der Waals surface area contributed by atoms with E-state index in [2.05, 4.69) is 10.6 Å². The largest absolute Gasteiger partial charge is 0.378 e. The summed E-state index contributed by atoms with van der Waals surface area (Å²) in [6.07, 6.45) is 0. The van der Waals surface area contributed by atoms with Crippen LogP contribution in [0.25, 0.3) is 0 Å². The molecule has 1 atom stereocenters. The minimum Gasteiger partial charge on any atom is -0.378 e. The Hall–Kier alpha value is -2.54. The van der Waals surface area contributed by atoms with Gasteiger partial charge >= 0.3 is 0 Å². The highest BCUT2D eigenvalue weighted by Gasteiger charge is 2.14. The van der Waals surface area contributed by atoms with Crippen molar-refractivity contribution in [1.82, 2.24) is 5.32 Å². The van der Waals surface area contributed by atoms with Crippen molar-refractivity contribution in [2.45, 2.75) is 17.1 Å². The molecule has 126 valence electrons. The predicted octanol–water partition coefficient (Wildman–Crippen LogP) is 3.30. The lowest BCUT2D eigenvalue weighted by molar-refractivity contribution is -0.384. The fourth-order valence-corrected chi connectivity index (χ4v) is 2.98. The van der Waals surface area contributed by atoms with Crippen LogP contribution in [0.2, 0.25) is 0 Å². The highest BCUT2D eigenvalue weighted by atomic mass is 32.2. The molecular formula is C17H19N3O3S. The van der Waals surface area contributed by atoms with Gasteiger partial charge in [-0.3, -0.25) is 14.9 Å². The number of benzene rings is 2. The van der Waals surface area contributed by atoms with E-state index >= 15 is 0 Å². The number of nitro benzene ring substituents is 1. The Morgan fingerprint density at radius 1 is 1.12 bits per heavy atom. The maximum atomic E-state index is 12.1. The van der Waals surface area contributed by atoms with E-state index in [0.717, 1.165) is 4.90 Å². The third-order valence-electron chi connectivity index (χ3n) is 3.27. The van der Waals surface area contributed by atoms with Gasteiger partial charge in [-0.25, -0.2) is 0 Å². The lowest BCUT2D eigenvalue weighted by Crippen LogP contribution is -2.34. The fraction of sp³-hybridized carbons (Fsp3) is 0.235. The van der Waals surface area contributed by atoms with Gasteiger partial charge in [0.15, 0.2) is 0 Å². The van der Waals surface area contributed by atoms with Crippen LogP contribution in [0.15, 0.2) is 59.5 Å². The lowest BCUT2D eigenvalue weighted by atomic mass is 10.2. The van der Waals surface area contributed by atoms with E-state index in [4.69, 9.17) is 0 Å². The van der Waals surface area contributed by atoms with E-state index in [1.165, 1.54) is 17.8 Å². The van der Waals surface area contributed by atoms with Gasteiger partial charge in [0.1, 0.15) is 5.69 Å². The minimum absolute atomic E-state index is 0.0248. The minimum atomic E-state index is -0.431. The van der Waals surface area contributed by atoms with Crippen molar-refractivity contribution in [3.63, 3.8) is 0 Å². The van der Waals surface area contributed by atoms with Crippen LogP contribution in [0.4, 0.5) is 11.4 Å². The van der Waals surface area contributed by atoms with Gasteiger partial charge in [-0.15, -0.1) is 11.8 Å². The van der Waals surface area contributed by atoms with E-state index < -0.39 is 4.92 Å². The monoisotopic (exact) mass is 345 g/mol. The first-order chi connectivity index (χ1) is 11.6. The molecule has 0 radical (unpaired) electrons. The first-order valence-electron chi connectivity index (χ1n) is 7.54. The average molecular weight is 345 g/mol. The quantitative estimate of drug-likeness (QED) is 0.332. The normalized spacial score (nSPS) is 11.5. The van der Waals surface area contributed by atoms with E-state index in [1.54, 1.807) is 18.2 Å². The molecule has 0 saturated heterocycles. The van der Waals surface area contributed by atoms with Crippen LogP contribution < -0.4 is 10.6 Å². The average Bonchev–Trinajstić information content (AvgIpc) is 2.59. The van der Waals surface area contributed by atoms with Gasteiger partial charge < -0.3 is 10.6 Å². The number of carbonyl (C=O) groups is 1. The zero-order valence-electron chi connectivity index (χ0n) is 13.3. The Morgan fingerprint density at radius 3 is 2.50 bits per heavy atom. The first-order valence-corrected chi connectivity index (χ1v) is 8.42. The molecule has 0 aromatic heterocycles. The van der Waals surface area contributed by atoms with Crippen molar-refractivity contribution in [2.24, 2.45) is 0 Å². The summed E-state index contributed by atoms with van der Waals surface area (Å²) in [7, 11) is 0. The lowest BCUT2D eigenvalue weighted by Gasteiger charge is -2.12. The molecule has 0 heterocycles. The molecular weight excluding hydrogens is 326 g/mol. The zero-order chi connectivity index (χ0) is 17.4. The number of carbonyl (C=O) groups excluding carboxylic acids is 1.